The number of rotatable bonds is 5. The van der Waals surface area contributed by atoms with Gasteiger partial charge in [0.2, 0.25) is 5.91 Å². The second kappa shape index (κ2) is 8.93. The summed E-state index contributed by atoms with van der Waals surface area (Å²) >= 11 is 2.88. The number of aryl methyl sites for hydroxylation is 3. The van der Waals surface area contributed by atoms with E-state index in [1.165, 1.54) is 17.3 Å². The first-order chi connectivity index (χ1) is 14.8. The van der Waals surface area contributed by atoms with E-state index in [0.717, 1.165) is 39.5 Å². The Balaban J connectivity index is 1.62. The molecule has 4 rings (SSSR count). The van der Waals surface area contributed by atoms with Gasteiger partial charge in [-0.3, -0.25) is 14.2 Å². The van der Waals surface area contributed by atoms with Gasteiger partial charge < -0.3 is 5.32 Å². The molecule has 2 heterocycles. The largest absolute Gasteiger partial charge is 0.325 e. The molecule has 2 aromatic carbocycles. The Bertz CT molecular complexity index is 1180. The fraction of sp³-hybridized carbons (Fsp3) is 0.292. The molecule has 160 valence electrons. The summed E-state index contributed by atoms with van der Waals surface area (Å²) in [5.74, 6) is 0.0604. The molecule has 0 fully saturated rings. The third kappa shape index (κ3) is 4.57. The molecule has 31 heavy (non-hydrogen) atoms. The topological polar surface area (TPSA) is 64.0 Å². The van der Waals surface area contributed by atoms with Crippen molar-refractivity contribution in [3.05, 3.63) is 75.2 Å². The van der Waals surface area contributed by atoms with E-state index in [4.69, 9.17) is 4.98 Å². The Kier molecular flexibility index (Phi) is 6.25. The van der Waals surface area contributed by atoms with Gasteiger partial charge in [-0.1, -0.05) is 54.6 Å². The minimum absolute atomic E-state index is 0.0568. The van der Waals surface area contributed by atoms with Crippen molar-refractivity contribution in [2.24, 2.45) is 0 Å². The van der Waals surface area contributed by atoms with Crippen LogP contribution in [0.3, 0.4) is 0 Å². The molecule has 1 atom stereocenters. The zero-order valence-corrected chi connectivity index (χ0v) is 19.7. The van der Waals surface area contributed by atoms with Crippen LogP contribution in [-0.4, -0.2) is 26.5 Å². The first-order valence-electron chi connectivity index (χ1n) is 10.2. The van der Waals surface area contributed by atoms with Gasteiger partial charge in [-0.05, 0) is 44.0 Å². The van der Waals surface area contributed by atoms with E-state index in [-0.39, 0.29) is 17.2 Å². The monoisotopic (exact) mass is 451 g/mol. The highest BCUT2D eigenvalue weighted by Crippen LogP contribution is 2.35. The number of carbonyl (C=O) groups excluding carboxylic acids is 1. The standard InChI is InChI=1S/C24H25N3O2S2/c1-14-10-15(2)21(16(3)11-14)26-20(28)13-30-24-25-19-12-17(4)31-22(19)23(29)27(24)18-8-6-5-7-9-18/h5-11,17H,12-13H2,1-4H3,(H,26,28). The molecule has 0 spiro atoms. The molecule has 0 bridgehead atoms. The van der Waals surface area contributed by atoms with Crippen LogP contribution in [0.2, 0.25) is 0 Å². The van der Waals surface area contributed by atoms with E-state index in [9.17, 15) is 9.59 Å². The van der Waals surface area contributed by atoms with Crippen LogP contribution in [0.15, 0.2) is 57.3 Å². The number of thioether (sulfide) groups is 2. The van der Waals surface area contributed by atoms with Crippen molar-refractivity contribution < 1.29 is 4.79 Å². The number of para-hydroxylation sites is 1. The predicted octanol–water partition coefficient (Wildman–Crippen LogP) is 4.93. The number of nitrogens with one attached hydrogen (secondary N) is 1. The molecule has 1 aliphatic heterocycles. The highest BCUT2D eigenvalue weighted by Gasteiger charge is 2.27. The van der Waals surface area contributed by atoms with E-state index in [0.29, 0.717) is 10.4 Å². The lowest BCUT2D eigenvalue weighted by molar-refractivity contribution is -0.113. The van der Waals surface area contributed by atoms with Gasteiger partial charge in [0, 0.05) is 17.4 Å². The molecule has 0 saturated carbocycles. The quantitative estimate of drug-likeness (QED) is 0.440. The Morgan fingerprint density at radius 3 is 2.55 bits per heavy atom. The summed E-state index contributed by atoms with van der Waals surface area (Å²) < 4.78 is 1.63. The Morgan fingerprint density at radius 2 is 1.87 bits per heavy atom. The van der Waals surface area contributed by atoms with E-state index >= 15 is 0 Å². The number of hydrogen-bond acceptors (Lipinski definition) is 5. The van der Waals surface area contributed by atoms with E-state index < -0.39 is 0 Å². The van der Waals surface area contributed by atoms with Crippen molar-refractivity contribution >= 4 is 35.1 Å². The lowest BCUT2D eigenvalue weighted by Gasteiger charge is -2.15. The fourth-order valence-electron chi connectivity index (χ4n) is 3.88. The smallest absolute Gasteiger partial charge is 0.272 e. The molecule has 1 aliphatic rings. The van der Waals surface area contributed by atoms with Crippen molar-refractivity contribution in [2.75, 3.05) is 11.1 Å². The van der Waals surface area contributed by atoms with Crippen LogP contribution in [0.1, 0.15) is 29.3 Å². The second-order valence-electron chi connectivity index (χ2n) is 7.89. The summed E-state index contributed by atoms with van der Waals surface area (Å²) in [5.41, 5.74) is 5.64. The molecule has 0 radical (unpaired) electrons. The van der Waals surface area contributed by atoms with Gasteiger partial charge in [0.1, 0.15) is 0 Å². The van der Waals surface area contributed by atoms with E-state index in [1.54, 1.807) is 16.3 Å². The summed E-state index contributed by atoms with van der Waals surface area (Å²) in [4.78, 5) is 31.5. The van der Waals surface area contributed by atoms with Crippen LogP contribution in [0.4, 0.5) is 5.69 Å². The molecule has 1 N–H and O–H groups in total. The highest BCUT2D eigenvalue weighted by molar-refractivity contribution is 8.00. The van der Waals surface area contributed by atoms with E-state index in [2.05, 4.69) is 24.4 Å². The summed E-state index contributed by atoms with van der Waals surface area (Å²) in [7, 11) is 0. The van der Waals surface area contributed by atoms with Crippen molar-refractivity contribution in [3.8, 4) is 5.69 Å². The van der Waals surface area contributed by atoms with Crippen molar-refractivity contribution in [1.82, 2.24) is 9.55 Å². The molecule has 1 aromatic heterocycles. The minimum Gasteiger partial charge on any atom is -0.325 e. The van der Waals surface area contributed by atoms with Crippen LogP contribution >= 0.6 is 23.5 Å². The number of nitrogens with zero attached hydrogens (tertiary/aromatic N) is 2. The Hall–Kier alpha value is -2.51. The third-order valence-corrected chi connectivity index (χ3v) is 7.32. The van der Waals surface area contributed by atoms with Crippen LogP contribution < -0.4 is 10.9 Å². The van der Waals surface area contributed by atoms with Gasteiger partial charge in [-0.25, -0.2) is 4.98 Å². The summed E-state index contributed by atoms with van der Waals surface area (Å²) in [6, 6.07) is 13.6. The number of fused-ring (bicyclic) bond motifs is 1. The molecule has 5 nitrogen and oxygen atoms in total. The molecule has 0 aliphatic carbocycles. The molecule has 1 unspecified atom stereocenters. The van der Waals surface area contributed by atoms with Crippen LogP contribution in [0.25, 0.3) is 5.69 Å². The summed E-state index contributed by atoms with van der Waals surface area (Å²) in [5, 5.41) is 3.91. The number of benzene rings is 2. The number of amides is 1. The summed E-state index contributed by atoms with van der Waals surface area (Å²) in [6.45, 7) is 8.14. The average molecular weight is 452 g/mol. The highest BCUT2D eigenvalue weighted by atomic mass is 32.2. The lowest BCUT2D eigenvalue weighted by atomic mass is 10.1. The Morgan fingerprint density at radius 1 is 1.19 bits per heavy atom. The van der Waals surface area contributed by atoms with Gasteiger partial charge in [-0.15, -0.1) is 11.8 Å². The predicted molar refractivity (Wildman–Crippen MR) is 129 cm³/mol. The Labute approximate surface area is 190 Å². The first kappa shape index (κ1) is 21.7. The maximum absolute atomic E-state index is 13.3. The molecule has 7 heteroatoms. The van der Waals surface area contributed by atoms with Crippen LogP contribution in [0.5, 0.6) is 0 Å². The van der Waals surface area contributed by atoms with E-state index in [1.807, 2.05) is 51.1 Å². The third-order valence-electron chi connectivity index (χ3n) is 5.17. The number of aromatic nitrogens is 2. The molecule has 1 amide bonds. The zero-order valence-electron chi connectivity index (χ0n) is 18.1. The first-order valence-corrected chi connectivity index (χ1v) is 12.1. The normalized spacial score (nSPS) is 15.0. The van der Waals surface area contributed by atoms with Gasteiger partial charge in [0.15, 0.2) is 5.16 Å². The molecule has 3 aromatic rings. The minimum atomic E-state index is -0.114. The van der Waals surface area contributed by atoms with Gasteiger partial charge in [0.25, 0.3) is 5.56 Å². The van der Waals surface area contributed by atoms with Crippen LogP contribution in [0, 0.1) is 20.8 Å². The molecular weight excluding hydrogens is 426 g/mol. The summed E-state index contributed by atoms with van der Waals surface area (Å²) in [6.07, 6.45) is 0.770. The van der Waals surface area contributed by atoms with Gasteiger partial charge in [0.05, 0.1) is 22.0 Å². The molecule has 0 saturated heterocycles. The average Bonchev–Trinajstić information content (AvgIpc) is 3.10. The van der Waals surface area contributed by atoms with Gasteiger partial charge >= 0.3 is 0 Å². The second-order valence-corrected chi connectivity index (χ2v) is 10.3. The fourth-order valence-corrected chi connectivity index (χ4v) is 5.81. The molecular formula is C24H25N3O2S2. The SMILES string of the molecule is Cc1cc(C)c(NC(=O)CSc2nc3c(c(=O)n2-c2ccccc2)SC(C)C3)c(C)c1. The number of anilines is 1. The van der Waals surface area contributed by atoms with Gasteiger partial charge in [-0.2, -0.15) is 0 Å². The lowest BCUT2D eigenvalue weighted by Crippen LogP contribution is -2.24. The van der Waals surface area contributed by atoms with Crippen LogP contribution in [-0.2, 0) is 11.2 Å². The maximum atomic E-state index is 13.3. The number of carbonyl (C=O) groups is 1. The van der Waals surface area contributed by atoms with Crippen molar-refractivity contribution in [3.63, 3.8) is 0 Å². The van der Waals surface area contributed by atoms with Crippen molar-refractivity contribution in [1.29, 1.82) is 0 Å². The van der Waals surface area contributed by atoms with Crippen molar-refractivity contribution in [2.45, 2.75) is 49.4 Å². The number of hydrogen-bond donors (Lipinski definition) is 1. The zero-order chi connectivity index (χ0) is 22.1. The maximum Gasteiger partial charge on any atom is 0.272 e.